The maximum atomic E-state index is 11.9. The maximum absolute atomic E-state index is 11.9. The Morgan fingerprint density at radius 3 is 2.89 bits per heavy atom. The second-order valence-corrected chi connectivity index (χ2v) is 8.13. The Morgan fingerprint density at radius 1 is 1.41 bits per heavy atom. The maximum Gasteiger partial charge on any atom is 0.407 e. The largest absolute Gasteiger partial charge is 0.506 e. The molecule has 0 saturated carbocycles. The molecule has 1 atom stereocenters. The van der Waals surface area contributed by atoms with E-state index in [1.807, 2.05) is 20.8 Å². The minimum atomic E-state index is -0.348. The lowest BCUT2D eigenvalue weighted by Gasteiger charge is -2.33. The van der Waals surface area contributed by atoms with Crippen LogP contribution in [0.4, 0.5) is 4.79 Å². The number of aromatic hydroxyl groups is 1. The highest BCUT2D eigenvalue weighted by Gasteiger charge is 2.24. The molecule has 1 aliphatic rings. The van der Waals surface area contributed by atoms with Crippen LogP contribution >= 0.6 is 0 Å². The molecule has 1 aliphatic heterocycles. The van der Waals surface area contributed by atoms with Crippen LogP contribution in [0.2, 0.25) is 0 Å². The van der Waals surface area contributed by atoms with Crippen molar-refractivity contribution in [3.05, 3.63) is 23.5 Å². The molecule has 1 aromatic rings. The number of unbranched alkanes of at least 4 members (excludes halogenated alkanes) is 1. The monoisotopic (exact) mass is 377 g/mol. The van der Waals surface area contributed by atoms with Gasteiger partial charge in [-0.2, -0.15) is 0 Å². The summed E-state index contributed by atoms with van der Waals surface area (Å²) in [6.45, 7) is 8.53. The summed E-state index contributed by atoms with van der Waals surface area (Å²) in [6.07, 6.45) is 4.80. The summed E-state index contributed by atoms with van der Waals surface area (Å²) in [4.78, 5) is 29.2. The van der Waals surface area contributed by atoms with Crippen LogP contribution < -0.4 is 5.32 Å². The first kappa shape index (κ1) is 21.2. The van der Waals surface area contributed by atoms with Crippen molar-refractivity contribution in [2.45, 2.75) is 64.5 Å². The Labute approximate surface area is 161 Å². The van der Waals surface area contributed by atoms with E-state index in [-0.39, 0.29) is 29.2 Å². The van der Waals surface area contributed by atoms with Gasteiger partial charge in [-0.15, -0.1) is 0 Å². The summed E-state index contributed by atoms with van der Waals surface area (Å²) in [6, 6.07) is 3.27. The van der Waals surface area contributed by atoms with Gasteiger partial charge in [0.1, 0.15) is 17.5 Å². The molecule has 0 aromatic carbocycles. The van der Waals surface area contributed by atoms with E-state index < -0.39 is 0 Å². The van der Waals surface area contributed by atoms with Crippen molar-refractivity contribution in [2.75, 3.05) is 19.6 Å². The molecule has 1 unspecified atom stereocenters. The summed E-state index contributed by atoms with van der Waals surface area (Å²) in [5.41, 5.74) is 0.614. The van der Waals surface area contributed by atoms with Crippen molar-refractivity contribution in [1.82, 2.24) is 15.2 Å². The zero-order chi connectivity index (χ0) is 19.9. The number of hydrogen-bond acceptors (Lipinski definition) is 6. The molecule has 150 valence electrons. The van der Waals surface area contributed by atoms with Gasteiger partial charge in [0.15, 0.2) is 6.29 Å². The smallest absolute Gasteiger partial charge is 0.407 e. The fraction of sp³-hybridized carbons (Fsp3) is 0.650. The summed E-state index contributed by atoms with van der Waals surface area (Å²) in [5, 5.41) is 12.3. The summed E-state index contributed by atoms with van der Waals surface area (Å²) >= 11 is 0. The zero-order valence-electron chi connectivity index (χ0n) is 16.5. The van der Waals surface area contributed by atoms with E-state index in [9.17, 15) is 14.7 Å². The lowest BCUT2D eigenvalue weighted by atomic mass is 10.1. The van der Waals surface area contributed by atoms with Crippen LogP contribution in [0, 0.1) is 0 Å². The van der Waals surface area contributed by atoms with Gasteiger partial charge in [-0.05, 0) is 78.1 Å². The number of piperidine rings is 1. The van der Waals surface area contributed by atoms with E-state index in [0.29, 0.717) is 6.29 Å². The fourth-order valence-electron chi connectivity index (χ4n) is 3.18. The van der Waals surface area contributed by atoms with E-state index in [1.165, 1.54) is 6.07 Å². The normalized spacial score (nSPS) is 18.1. The van der Waals surface area contributed by atoms with Crippen LogP contribution in [0.3, 0.4) is 0 Å². The van der Waals surface area contributed by atoms with Crippen LogP contribution in [-0.2, 0) is 11.2 Å². The predicted octanol–water partition coefficient (Wildman–Crippen LogP) is 2.91. The molecule has 7 nitrogen and oxygen atoms in total. The van der Waals surface area contributed by atoms with E-state index in [2.05, 4.69) is 15.2 Å². The summed E-state index contributed by atoms with van der Waals surface area (Å²) in [7, 11) is 0. The van der Waals surface area contributed by atoms with Crippen molar-refractivity contribution < 1.29 is 19.4 Å². The van der Waals surface area contributed by atoms with E-state index in [1.54, 1.807) is 6.07 Å². The van der Waals surface area contributed by atoms with Crippen molar-refractivity contribution in [3.8, 4) is 5.75 Å². The molecular weight excluding hydrogens is 346 g/mol. The van der Waals surface area contributed by atoms with E-state index in [4.69, 9.17) is 4.74 Å². The number of rotatable bonds is 7. The van der Waals surface area contributed by atoms with Gasteiger partial charge in [-0.1, -0.05) is 0 Å². The molecule has 1 fully saturated rings. The molecule has 0 spiro atoms. The van der Waals surface area contributed by atoms with Gasteiger partial charge in [-0.3, -0.25) is 9.69 Å². The molecule has 7 heteroatoms. The quantitative estimate of drug-likeness (QED) is 0.561. The molecule has 0 bridgehead atoms. The average molecular weight is 377 g/mol. The number of nitrogens with one attached hydrogen (secondary N) is 1. The molecule has 0 aliphatic carbocycles. The Balaban J connectivity index is 1.70. The van der Waals surface area contributed by atoms with Crippen molar-refractivity contribution in [1.29, 1.82) is 0 Å². The number of carbonyl (C=O) groups is 2. The number of alkyl carbamates (subject to hydrolysis) is 1. The number of ether oxygens (including phenoxy) is 1. The van der Waals surface area contributed by atoms with Crippen LogP contribution in [0.25, 0.3) is 0 Å². The number of carbonyl (C=O) groups excluding carboxylic acids is 2. The molecule has 27 heavy (non-hydrogen) atoms. The number of amides is 1. The molecule has 1 amide bonds. The van der Waals surface area contributed by atoms with Crippen molar-refractivity contribution in [3.63, 3.8) is 0 Å². The third kappa shape index (κ3) is 7.54. The van der Waals surface area contributed by atoms with Crippen molar-refractivity contribution in [2.24, 2.45) is 0 Å². The number of aldehydes is 1. The third-order valence-electron chi connectivity index (χ3n) is 4.44. The molecule has 2 heterocycles. The van der Waals surface area contributed by atoms with Gasteiger partial charge in [0, 0.05) is 17.8 Å². The van der Waals surface area contributed by atoms with Gasteiger partial charge < -0.3 is 15.2 Å². The second-order valence-electron chi connectivity index (χ2n) is 8.13. The minimum absolute atomic E-state index is 0.0602. The lowest BCUT2D eigenvalue weighted by molar-refractivity contribution is 0.0386. The topological polar surface area (TPSA) is 91.8 Å². The van der Waals surface area contributed by atoms with Gasteiger partial charge >= 0.3 is 6.09 Å². The van der Waals surface area contributed by atoms with Crippen LogP contribution in [0.15, 0.2) is 12.1 Å². The summed E-state index contributed by atoms with van der Waals surface area (Å²) < 4.78 is 5.55. The summed E-state index contributed by atoms with van der Waals surface area (Å²) in [5.74, 6) is -0.0800. The third-order valence-corrected chi connectivity index (χ3v) is 4.44. The number of hydrogen-bond donors (Lipinski definition) is 2. The van der Waals surface area contributed by atoms with Crippen LogP contribution in [0.5, 0.6) is 5.75 Å². The first-order valence-corrected chi connectivity index (χ1v) is 9.62. The first-order valence-electron chi connectivity index (χ1n) is 9.62. The van der Waals surface area contributed by atoms with Gasteiger partial charge in [0.05, 0.1) is 0 Å². The second kappa shape index (κ2) is 9.69. The average Bonchev–Trinajstić information content (AvgIpc) is 2.58. The van der Waals surface area contributed by atoms with Gasteiger partial charge in [0.2, 0.25) is 0 Å². The Kier molecular flexibility index (Phi) is 7.59. The molecule has 2 rings (SSSR count). The number of aromatic nitrogens is 1. The highest BCUT2D eigenvalue weighted by Crippen LogP contribution is 2.16. The zero-order valence-corrected chi connectivity index (χ0v) is 16.5. The predicted molar refractivity (Wildman–Crippen MR) is 103 cm³/mol. The number of likely N-dealkylation sites (tertiary alicyclic amines) is 1. The SMILES string of the molecule is CC(C)(C)NC(=O)OC1CCCN(CCCCc2ccc(O)c(C=O)n2)C1. The molecule has 2 N–H and O–H groups in total. The highest BCUT2D eigenvalue weighted by molar-refractivity contribution is 5.75. The number of nitrogens with zero attached hydrogens (tertiary/aromatic N) is 2. The molecule has 1 aromatic heterocycles. The van der Waals surface area contributed by atoms with Crippen molar-refractivity contribution >= 4 is 12.4 Å². The Morgan fingerprint density at radius 2 is 2.19 bits per heavy atom. The number of aryl methyl sites for hydroxylation is 1. The van der Waals surface area contributed by atoms with Crippen LogP contribution in [0.1, 0.15) is 62.6 Å². The van der Waals surface area contributed by atoms with E-state index >= 15 is 0 Å². The molecular formula is C20H31N3O4. The minimum Gasteiger partial charge on any atom is -0.506 e. The van der Waals surface area contributed by atoms with E-state index in [0.717, 1.165) is 57.4 Å². The Bertz CT molecular complexity index is 643. The highest BCUT2D eigenvalue weighted by atomic mass is 16.6. The standard InChI is InChI=1S/C20H31N3O4/c1-20(2,3)22-19(26)27-16-8-6-12-23(13-16)11-5-4-7-15-9-10-18(25)17(14-24)21-15/h9-10,14,16,25H,4-8,11-13H2,1-3H3,(H,22,26). The molecule has 0 radical (unpaired) electrons. The first-order chi connectivity index (χ1) is 12.8. The number of pyridine rings is 1. The van der Waals surface area contributed by atoms with Gasteiger partial charge in [0.25, 0.3) is 0 Å². The lowest BCUT2D eigenvalue weighted by Crippen LogP contribution is -2.46. The van der Waals surface area contributed by atoms with Gasteiger partial charge in [-0.25, -0.2) is 9.78 Å². The Hall–Kier alpha value is -2.15. The van der Waals surface area contributed by atoms with Crippen LogP contribution in [-0.4, -0.2) is 58.6 Å². The molecule has 1 saturated heterocycles. The fourth-order valence-corrected chi connectivity index (χ4v) is 3.18.